The summed E-state index contributed by atoms with van der Waals surface area (Å²) in [5.74, 6) is 1.21. The number of nitrogens with one attached hydrogen (secondary N) is 2. The van der Waals surface area contributed by atoms with Crippen LogP contribution in [0, 0.1) is 0 Å². The van der Waals surface area contributed by atoms with E-state index in [-0.39, 0.29) is 19.4 Å². The lowest BCUT2D eigenvalue weighted by Gasteiger charge is -2.11. The van der Waals surface area contributed by atoms with Gasteiger partial charge in [-0.2, -0.15) is 0 Å². The van der Waals surface area contributed by atoms with E-state index in [1.54, 1.807) is 19.2 Å². The Morgan fingerprint density at radius 2 is 1.90 bits per heavy atom. The summed E-state index contributed by atoms with van der Waals surface area (Å²) in [5.41, 5.74) is 0. The number of hydrogen-bond acceptors (Lipinski definition) is 4. The number of unbranched alkanes of at least 4 members (excludes halogenated alkanes) is 2. The number of urea groups is 1. The Bertz CT molecular complexity index is 399. The molecule has 1 aromatic rings. The third kappa shape index (κ3) is 6.29. The van der Waals surface area contributed by atoms with Crippen LogP contribution in [0.1, 0.15) is 19.3 Å². The zero-order valence-corrected chi connectivity index (χ0v) is 11.7. The van der Waals surface area contributed by atoms with Gasteiger partial charge >= 0.3 is 6.03 Å². The van der Waals surface area contributed by atoms with Crippen molar-refractivity contribution in [3.05, 3.63) is 24.3 Å². The summed E-state index contributed by atoms with van der Waals surface area (Å²) in [5, 5.41) is 13.9. The number of hydrogen-bond donors (Lipinski definition) is 3. The summed E-state index contributed by atoms with van der Waals surface area (Å²) >= 11 is 0. The summed E-state index contributed by atoms with van der Waals surface area (Å²) in [6, 6.07) is 6.96. The molecule has 0 saturated carbocycles. The molecule has 6 nitrogen and oxygen atoms in total. The van der Waals surface area contributed by atoms with Gasteiger partial charge in [0.15, 0.2) is 18.2 Å². The molecule has 1 rings (SSSR count). The van der Waals surface area contributed by atoms with E-state index in [1.165, 1.54) is 0 Å². The highest BCUT2D eigenvalue weighted by Gasteiger charge is 2.03. The lowest BCUT2D eigenvalue weighted by molar-refractivity contribution is 0.221. The highest BCUT2D eigenvalue weighted by Crippen LogP contribution is 2.25. The molecule has 2 amide bonds. The zero-order valence-electron chi connectivity index (χ0n) is 11.7. The second kappa shape index (κ2) is 9.91. The minimum absolute atomic E-state index is 0.0723. The molecule has 112 valence electrons. The number of ether oxygens (including phenoxy) is 2. The molecule has 0 saturated heterocycles. The lowest BCUT2D eigenvalue weighted by Crippen LogP contribution is -2.38. The van der Waals surface area contributed by atoms with Crippen LogP contribution in [0.3, 0.4) is 0 Å². The Balaban J connectivity index is 2.15. The van der Waals surface area contributed by atoms with Gasteiger partial charge in [-0.1, -0.05) is 12.1 Å². The number of aliphatic hydroxyl groups is 1. The van der Waals surface area contributed by atoms with Crippen molar-refractivity contribution in [2.45, 2.75) is 19.3 Å². The van der Waals surface area contributed by atoms with E-state index in [0.29, 0.717) is 18.0 Å². The predicted molar refractivity (Wildman–Crippen MR) is 76.0 cm³/mol. The van der Waals surface area contributed by atoms with Crippen LogP contribution >= 0.6 is 0 Å². The van der Waals surface area contributed by atoms with Crippen molar-refractivity contribution in [3.8, 4) is 11.5 Å². The highest BCUT2D eigenvalue weighted by molar-refractivity contribution is 5.73. The summed E-state index contributed by atoms with van der Waals surface area (Å²) in [4.78, 5) is 11.4. The number of benzene rings is 1. The van der Waals surface area contributed by atoms with Gasteiger partial charge in [0.1, 0.15) is 0 Å². The largest absolute Gasteiger partial charge is 0.493 e. The molecule has 0 fully saturated rings. The number of para-hydroxylation sites is 2. The standard InChI is InChI=1S/C14H22N2O4/c1-19-12-7-3-4-8-13(12)20-11-16-14(18)15-9-5-2-6-10-17/h3-4,7-8,17H,2,5-6,9-11H2,1H3,(H2,15,16,18). The Kier molecular flexibility index (Phi) is 7.98. The second-order valence-electron chi connectivity index (χ2n) is 4.16. The van der Waals surface area contributed by atoms with Crippen LogP contribution < -0.4 is 20.1 Å². The molecular formula is C14H22N2O4. The zero-order chi connectivity index (χ0) is 14.6. The van der Waals surface area contributed by atoms with Gasteiger partial charge in [-0.05, 0) is 31.4 Å². The third-order valence-electron chi connectivity index (χ3n) is 2.65. The van der Waals surface area contributed by atoms with Crippen LogP contribution in [0.5, 0.6) is 11.5 Å². The molecule has 0 aliphatic heterocycles. The van der Waals surface area contributed by atoms with Crippen molar-refractivity contribution in [2.75, 3.05) is 27.0 Å². The van der Waals surface area contributed by atoms with Crippen LogP contribution in [-0.2, 0) is 0 Å². The maximum Gasteiger partial charge on any atom is 0.317 e. The van der Waals surface area contributed by atoms with E-state index in [2.05, 4.69) is 10.6 Å². The predicted octanol–water partition coefficient (Wildman–Crippen LogP) is 1.49. The molecule has 3 N–H and O–H groups in total. The van der Waals surface area contributed by atoms with Crippen molar-refractivity contribution >= 4 is 6.03 Å². The summed E-state index contributed by atoms with van der Waals surface area (Å²) in [6.07, 6.45) is 2.51. The van der Waals surface area contributed by atoms with E-state index in [4.69, 9.17) is 14.6 Å². The van der Waals surface area contributed by atoms with E-state index in [1.807, 2.05) is 12.1 Å². The summed E-state index contributed by atoms with van der Waals surface area (Å²) in [7, 11) is 1.56. The van der Waals surface area contributed by atoms with Gasteiger partial charge in [0.25, 0.3) is 0 Å². The van der Waals surface area contributed by atoms with Gasteiger partial charge in [0.2, 0.25) is 0 Å². The molecule has 0 aromatic heterocycles. The molecule has 20 heavy (non-hydrogen) atoms. The first-order valence-electron chi connectivity index (χ1n) is 6.66. The van der Waals surface area contributed by atoms with E-state index in [0.717, 1.165) is 19.3 Å². The fourth-order valence-electron chi connectivity index (χ4n) is 1.60. The average Bonchev–Trinajstić information content (AvgIpc) is 2.47. The van der Waals surface area contributed by atoms with Crippen LogP contribution in [-0.4, -0.2) is 38.1 Å². The van der Waals surface area contributed by atoms with E-state index >= 15 is 0 Å². The van der Waals surface area contributed by atoms with Gasteiger partial charge in [-0.15, -0.1) is 0 Å². The Morgan fingerprint density at radius 1 is 1.15 bits per heavy atom. The molecule has 6 heteroatoms. The lowest BCUT2D eigenvalue weighted by atomic mass is 10.2. The topological polar surface area (TPSA) is 79.8 Å². The van der Waals surface area contributed by atoms with Crippen LogP contribution in [0.15, 0.2) is 24.3 Å². The number of rotatable bonds is 9. The summed E-state index contributed by atoms with van der Waals surface area (Å²) < 4.78 is 10.5. The minimum atomic E-state index is -0.274. The third-order valence-corrected chi connectivity index (χ3v) is 2.65. The molecule has 0 spiro atoms. The number of methoxy groups -OCH3 is 1. The minimum Gasteiger partial charge on any atom is -0.493 e. The van der Waals surface area contributed by atoms with Gasteiger partial charge in [-0.25, -0.2) is 4.79 Å². The summed E-state index contributed by atoms with van der Waals surface area (Å²) in [6.45, 7) is 0.849. The fraction of sp³-hybridized carbons (Fsp3) is 0.500. The van der Waals surface area contributed by atoms with Crippen molar-refractivity contribution in [3.63, 3.8) is 0 Å². The van der Waals surface area contributed by atoms with Gasteiger partial charge in [-0.3, -0.25) is 0 Å². The smallest absolute Gasteiger partial charge is 0.317 e. The number of carbonyl (C=O) groups excluding carboxylic acids is 1. The number of aliphatic hydroxyl groups excluding tert-OH is 1. The van der Waals surface area contributed by atoms with Gasteiger partial charge < -0.3 is 25.2 Å². The van der Waals surface area contributed by atoms with Gasteiger partial charge in [0, 0.05) is 13.2 Å². The SMILES string of the molecule is COc1ccccc1OCNC(=O)NCCCCCO. The molecule has 1 aromatic carbocycles. The molecule has 0 atom stereocenters. The maximum absolute atomic E-state index is 11.4. The number of amides is 2. The Labute approximate surface area is 119 Å². The average molecular weight is 282 g/mol. The molecular weight excluding hydrogens is 260 g/mol. The van der Waals surface area contributed by atoms with Crippen LogP contribution in [0.25, 0.3) is 0 Å². The molecule has 0 radical (unpaired) electrons. The van der Waals surface area contributed by atoms with Crippen molar-refractivity contribution in [2.24, 2.45) is 0 Å². The van der Waals surface area contributed by atoms with Crippen molar-refractivity contribution in [1.29, 1.82) is 0 Å². The first-order chi connectivity index (χ1) is 9.77. The quantitative estimate of drug-likeness (QED) is 0.473. The number of carbonyl (C=O) groups is 1. The van der Waals surface area contributed by atoms with E-state index in [9.17, 15) is 4.79 Å². The van der Waals surface area contributed by atoms with Crippen LogP contribution in [0.4, 0.5) is 4.79 Å². The monoisotopic (exact) mass is 282 g/mol. The van der Waals surface area contributed by atoms with Gasteiger partial charge in [0.05, 0.1) is 7.11 Å². The van der Waals surface area contributed by atoms with Crippen molar-refractivity contribution < 1.29 is 19.4 Å². The maximum atomic E-state index is 11.4. The molecule has 0 aliphatic rings. The first kappa shape index (κ1) is 16.1. The normalized spacial score (nSPS) is 9.90. The van der Waals surface area contributed by atoms with Crippen LogP contribution in [0.2, 0.25) is 0 Å². The molecule has 0 heterocycles. The fourth-order valence-corrected chi connectivity index (χ4v) is 1.60. The molecule has 0 aliphatic carbocycles. The highest BCUT2D eigenvalue weighted by atomic mass is 16.5. The van der Waals surface area contributed by atoms with Crippen molar-refractivity contribution in [1.82, 2.24) is 10.6 Å². The first-order valence-corrected chi connectivity index (χ1v) is 6.66. The molecule has 0 unspecified atom stereocenters. The molecule has 0 bridgehead atoms. The second-order valence-corrected chi connectivity index (χ2v) is 4.16. The Morgan fingerprint density at radius 3 is 2.60 bits per heavy atom. The van der Waals surface area contributed by atoms with E-state index < -0.39 is 0 Å². The Hall–Kier alpha value is -1.95.